The highest BCUT2D eigenvalue weighted by Crippen LogP contribution is 2.21. The highest BCUT2D eigenvalue weighted by Gasteiger charge is 2.34. The SMILES string of the molecule is O=C1c2ccccc2C(=O)N1CC#CCN1CCN(CC=Cc2ccccc2)CC1. The van der Waals surface area contributed by atoms with Crippen molar-refractivity contribution in [3.63, 3.8) is 0 Å². The number of nitrogens with zero attached hydrogens (tertiary/aromatic N) is 3. The first-order valence-electron chi connectivity index (χ1n) is 10.3. The maximum Gasteiger partial charge on any atom is 0.262 e. The van der Waals surface area contributed by atoms with Crippen LogP contribution in [-0.4, -0.2) is 72.3 Å². The lowest BCUT2D eigenvalue weighted by Gasteiger charge is -2.32. The van der Waals surface area contributed by atoms with Crippen LogP contribution in [0.1, 0.15) is 26.3 Å². The second-order valence-electron chi connectivity index (χ2n) is 7.49. The summed E-state index contributed by atoms with van der Waals surface area (Å²) >= 11 is 0. The molecule has 152 valence electrons. The van der Waals surface area contributed by atoms with E-state index in [0.717, 1.165) is 32.7 Å². The molecule has 2 amide bonds. The van der Waals surface area contributed by atoms with Gasteiger partial charge in [0.1, 0.15) is 0 Å². The number of carbonyl (C=O) groups excluding carboxylic acids is 2. The third-order valence-electron chi connectivity index (χ3n) is 5.48. The minimum absolute atomic E-state index is 0.149. The molecule has 2 heterocycles. The van der Waals surface area contributed by atoms with Gasteiger partial charge in [-0.15, -0.1) is 0 Å². The fraction of sp³-hybridized carbons (Fsp3) is 0.280. The molecule has 0 bridgehead atoms. The Morgan fingerprint density at radius 2 is 1.30 bits per heavy atom. The van der Waals surface area contributed by atoms with Gasteiger partial charge in [0.05, 0.1) is 24.2 Å². The van der Waals surface area contributed by atoms with E-state index < -0.39 is 0 Å². The van der Waals surface area contributed by atoms with Crippen molar-refractivity contribution in [1.29, 1.82) is 0 Å². The average Bonchev–Trinajstić information content (AvgIpc) is 3.03. The van der Waals surface area contributed by atoms with Gasteiger partial charge in [-0.1, -0.05) is 66.5 Å². The predicted molar refractivity (Wildman–Crippen MR) is 118 cm³/mol. The van der Waals surface area contributed by atoms with Gasteiger partial charge in [-0.2, -0.15) is 0 Å². The summed E-state index contributed by atoms with van der Waals surface area (Å²) in [5.74, 6) is 5.63. The smallest absolute Gasteiger partial charge is 0.262 e. The second kappa shape index (κ2) is 9.53. The van der Waals surface area contributed by atoms with E-state index in [1.54, 1.807) is 24.3 Å². The largest absolute Gasteiger partial charge is 0.297 e. The number of benzene rings is 2. The Bertz CT molecular complexity index is 961. The first-order valence-corrected chi connectivity index (χ1v) is 10.3. The predicted octanol–water partition coefficient (Wildman–Crippen LogP) is 2.62. The minimum atomic E-state index is -0.248. The number of fused-ring (bicyclic) bond motifs is 1. The van der Waals surface area contributed by atoms with E-state index in [4.69, 9.17) is 0 Å². The molecule has 2 aliphatic rings. The third-order valence-corrected chi connectivity index (χ3v) is 5.48. The van der Waals surface area contributed by atoms with Crippen LogP contribution in [0.2, 0.25) is 0 Å². The van der Waals surface area contributed by atoms with Gasteiger partial charge in [0, 0.05) is 32.7 Å². The molecule has 5 heteroatoms. The molecule has 5 nitrogen and oxygen atoms in total. The van der Waals surface area contributed by atoms with Gasteiger partial charge in [0.2, 0.25) is 0 Å². The zero-order valence-electron chi connectivity index (χ0n) is 17.0. The molecule has 1 fully saturated rings. The lowest BCUT2D eigenvalue weighted by Crippen LogP contribution is -2.46. The zero-order chi connectivity index (χ0) is 20.8. The Kier molecular flexibility index (Phi) is 6.38. The lowest BCUT2D eigenvalue weighted by atomic mass is 10.1. The molecule has 2 aliphatic heterocycles. The number of piperazine rings is 1. The van der Waals surface area contributed by atoms with E-state index in [2.05, 4.69) is 45.9 Å². The first-order chi connectivity index (χ1) is 14.7. The molecule has 2 aromatic rings. The van der Waals surface area contributed by atoms with Crippen LogP contribution in [0.15, 0.2) is 60.7 Å². The van der Waals surface area contributed by atoms with Crippen molar-refractivity contribution in [2.75, 3.05) is 45.8 Å². The fourth-order valence-corrected chi connectivity index (χ4v) is 3.72. The van der Waals surface area contributed by atoms with Crippen LogP contribution in [0.3, 0.4) is 0 Å². The molecule has 0 N–H and O–H groups in total. The Balaban J connectivity index is 1.19. The zero-order valence-corrected chi connectivity index (χ0v) is 17.0. The van der Waals surface area contributed by atoms with E-state index in [-0.39, 0.29) is 18.4 Å². The Labute approximate surface area is 177 Å². The van der Waals surface area contributed by atoms with Crippen LogP contribution in [0.5, 0.6) is 0 Å². The van der Waals surface area contributed by atoms with Crippen molar-refractivity contribution in [2.24, 2.45) is 0 Å². The van der Waals surface area contributed by atoms with Crippen LogP contribution >= 0.6 is 0 Å². The third kappa shape index (κ3) is 4.68. The molecule has 0 atom stereocenters. The lowest BCUT2D eigenvalue weighted by molar-refractivity contribution is 0.0675. The average molecular weight is 399 g/mol. The number of hydrogen-bond acceptors (Lipinski definition) is 4. The van der Waals surface area contributed by atoms with Gasteiger partial charge >= 0.3 is 0 Å². The van der Waals surface area contributed by atoms with E-state index in [1.807, 2.05) is 18.2 Å². The monoisotopic (exact) mass is 399 g/mol. The van der Waals surface area contributed by atoms with Gasteiger partial charge < -0.3 is 0 Å². The summed E-state index contributed by atoms with van der Waals surface area (Å²) in [6, 6.07) is 17.3. The van der Waals surface area contributed by atoms with Crippen LogP contribution in [0.4, 0.5) is 0 Å². The van der Waals surface area contributed by atoms with E-state index in [0.29, 0.717) is 17.7 Å². The first kappa shape index (κ1) is 20.1. The Morgan fingerprint density at radius 1 is 0.733 bits per heavy atom. The van der Waals surface area contributed by atoms with Crippen molar-refractivity contribution in [3.8, 4) is 11.8 Å². The molecule has 0 spiro atoms. The summed E-state index contributed by atoms with van der Waals surface area (Å²) < 4.78 is 0. The number of hydrogen-bond donors (Lipinski definition) is 0. The standard InChI is InChI=1S/C25H25N3O2/c29-24-22-12-4-5-13-23(22)25(30)28(24)16-7-6-14-26-17-19-27(20-18-26)15-8-11-21-9-2-1-3-10-21/h1-5,8-13H,14-20H2. The molecule has 0 radical (unpaired) electrons. The topological polar surface area (TPSA) is 43.9 Å². The summed E-state index contributed by atoms with van der Waals surface area (Å²) in [4.78, 5) is 30.6. The van der Waals surface area contributed by atoms with Crippen LogP contribution in [0, 0.1) is 11.8 Å². The second-order valence-corrected chi connectivity index (χ2v) is 7.49. The molecule has 0 aliphatic carbocycles. The Morgan fingerprint density at radius 3 is 1.97 bits per heavy atom. The van der Waals surface area contributed by atoms with Crippen LogP contribution < -0.4 is 0 Å². The molecular formula is C25H25N3O2. The summed E-state index contributed by atoms with van der Waals surface area (Å²) in [7, 11) is 0. The number of carbonyl (C=O) groups is 2. The van der Waals surface area contributed by atoms with Gasteiger partial charge in [-0.3, -0.25) is 24.3 Å². The van der Waals surface area contributed by atoms with Crippen molar-refractivity contribution in [3.05, 3.63) is 77.4 Å². The van der Waals surface area contributed by atoms with E-state index in [9.17, 15) is 9.59 Å². The van der Waals surface area contributed by atoms with Gasteiger partial charge in [0.25, 0.3) is 11.8 Å². The molecule has 1 saturated heterocycles. The van der Waals surface area contributed by atoms with Crippen molar-refractivity contribution in [2.45, 2.75) is 0 Å². The maximum atomic E-state index is 12.3. The quantitative estimate of drug-likeness (QED) is 0.573. The molecule has 4 rings (SSSR count). The number of imide groups is 1. The molecule has 2 aromatic carbocycles. The molecule has 0 unspecified atom stereocenters. The molecule has 0 saturated carbocycles. The molecular weight excluding hydrogens is 374 g/mol. The fourth-order valence-electron chi connectivity index (χ4n) is 3.72. The van der Waals surface area contributed by atoms with Crippen molar-refractivity contribution < 1.29 is 9.59 Å². The summed E-state index contributed by atoms with van der Waals surface area (Å²) in [6.07, 6.45) is 4.38. The van der Waals surface area contributed by atoms with Crippen LogP contribution in [0.25, 0.3) is 6.08 Å². The normalized spacial score (nSPS) is 17.3. The molecule has 0 aromatic heterocycles. The van der Waals surface area contributed by atoms with E-state index in [1.165, 1.54) is 10.5 Å². The van der Waals surface area contributed by atoms with Gasteiger partial charge in [0.15, 0.2) is 0 Å². The Hall–Kier alpha value is -3.20. The van der Waals surface area contributed by atoms with Crippen molar-refractivity contribution >= 4 is 17.9 Å². The maximum absolute atomic E-state index is 12.3. The van der Waals surface area contributed by atoms with Gasteiger partial charge in [-0.25, -0.2) is 0 Å². The van der Waals surface area contributed by atoms with Gasteiger partial charge in [-0.05, 0) is 17.7 Å². The van der Waals surface area contributed by atoms with Crippen LogP contribution in [-0.2, 0) is 0 Å². The highest BCUT2D eigenvalue weighted by atomic mass is 16.2. The minimum Gasteiger partial charge on any atom is -0.297 e. The summed E-state index contributed by atoms with van der Waals surface area (Å²) in [5.41, 5.74) is 2.17. The highest BCUT2D eigenvalue weighted by molar-refractivity contribution is 6.21. The van der Waals surface area contributed by atoms with E-state index >= 15 is 0 Å². The molecule has 30 heavy (non-hydrogen) atoms. The summed E-state index contributed by atoms with van der Waals surface area (Å²) in [6.45, 7) is 5.74. The number of amides is 2. The van der Waals surface area contributed by atoms with Crippen molar-refractivity contribution in [1.82, 2.24) is 14.7 Å². The number of rotatable bonds is 5. The summed E-state index contributed by atoms with van der Waals surface area (Å²) in [5, 5.41) is 0.